The number of hydrogen-bond donors (Lipinski definition) is 2. The minimum Gasteiger partial charge on any atom is -0.494 e. The van der Waals surface area contributed by atoms with Crippen LogP contribution in [0.5, 0.6) is 5.75 Å². The Kier molecular flexibility index (Phi) is 5.91. The summed E-state index contributed by atoms with van der Waals surface area (Å²) in [6.07, 6.45) is 1.19. The first-order valence-electron chi connectivity index (χ1n) is 10.0. The Balaban J connectivity index is 1.34. The number of nitrogens with one attached hydrogen (secondary N) is 2. The van der Waals surface area contributed by atoms with E-state index in [0.717, 1.165) is 48.6 Å². The largest absolute Gasteiger partial charge is 0.494 e. The average molecular weight is 390 g/mol. The van der Waals surface area contributed by atoms with Gasteiger partial charge in [0.15, 0.2) is 5.82 Å². The molecule has 0 bridgehead atoms. The van der Waals surface area contributed by atoms with E-state index in [-0.39, 0.29) is 5.91 Å². The summed E-state index contributed by atoms with van der Waals surface area (Å²) in [6.45, 7) is 5.26. The van der Waals surface area contributed by atoms with Gasteiger partial charge >= 0.3 is 0 Å². The van der Waals surface area contributed by atoms with Gasteiger partial charge in [0.2, 0.25) is 5.91 Å². The zero-order chi connectivity index (χ0) is 20.1. The van der Waals surface area contributed by atoms with Crippen LogP contribution < -0.4 is 10.1 Å². The van der Waals surface area contributed by atoms with Gasteiger partial charge in [0.1, 0.15) is 5.75 Å². The average Bonchev–Trinajstić information content (AvgIpc) is 3.12. The molecule has 0 aliphatic carbocycles. The van der Waals surface area contributed by atoms with E-state index >= 15 is 0 Å². The number of nitrogens with zero attached hydrogens (tertiary/aromatic N) is 2. The highest BCUT2D eigenvalue weighted by Crippen LogP contribution is 2.25. The molecule has 0 saturated heterocycles. The van der Waals surface area contributed by atoms with E-state index < -0.39 is 0 Å². The highest BCUT2D eigenvalue weighted by molar-refractivity contribution is 5.92. The highest BCUT2D eigenvalue weighted by atomic mass is 16.5. The number of fused-ring (bicyclic) bond motifs is 1. The molecule has 0 saturated carbocycles. The Hall–Kier alpha value is -3.12. The van der Waals surface area contributed by atoms with Gasteiger partial charge in [-0.15, -0.1) is 0 Å². The lowest BCUT2D eigenvalue weighted by molar-refractivity contribution is -0.115. The summed E-state index contributed by atoms with van der Waals surface area (Å²) >= 11 is 0. The van der Waals surface area contributed by atoms with Crippen LogP contribution in [-0.2, 0) is 30.7 Å². The van der Waals surface area contributed by atoms with Crippen molar-refractivity contribution in [3.8, 4) is 5.75 Å². The lowest BCUT2D eigenvalue weighted by Crippen LogP contribution is -2.30. The van der Waals surface area contributed by atoms with Gasteiger partial charge in [-0.3, -0.25) is 14.8 Å². The van der Waals surface area contributed by atoms with E-state index in [2.05, 4.69) is 44.7 Å². The molecular formula is C23H26N4O2. The van der Waals surface area contributed by atoms with Crippen LogP contribution in [0.1, 0.15) is 29.3 Å². The Morgan fingerprint density at radius 2 is 1.93 bits per heavy atom. The maximum atomic E-state index is 12.5. The molecule has 1 aromatic heterocycles. The Morgan fingerprint density at radius 1 is 1.14 bits per heavy atom. The standard InChI is InChI=1S/C23H26N4O2/c1-2-29-19-10-8-17(9-11-19)14-22(28)24-23-20-12-13-27(16-21(20)25-26-23)15-18-6-4-3-5-7-18/h3-11H,2,12-16H2,1H3,(H2,24,25,26,28). The maximum Gasteiger partial charge on any atom is 0.230 e. The quantitative estimate of drug-likeness (QED) is 0.647. The van der Waals surface area contributed by atoms with Crippen molar-refractivity contribution in [2.45, 2.75) is 32.9 Å². The van der Waals surface area contributed by atoms with Crippen molar-refractivity contribution in [1.29, 1.82) is 0 Å². The maximum absolute atomic E-state index is 12.5. The van der Waals surface area contributed by atoms with Crippen molar-refractivity contribution < 1.29 is 9.53 Å². The first-order valence-corrected chi connectivity index (χ1v) is 10.0. The molecular weight excluding hydrogens is 364 g/mol. The molecule has 0 atom stereocenters. The summed E-state index contributed by atoms with van der Waals surface area (Å²) < 4.78 is 5.44. The normalized spacial score (nSPS) is 13.7. The predicted molar refractivity (Wildman–Crippen MR) is 113 cm³/mol. The number of ether oxygens (including phenoxy) is 1. The van der Waals surface area contributed by atoms with Gasteiger partial charge < -0.3 is 10.1 Å². The van der Waals surface area contributed by atoms with Gasteiger partial charge in [0, 0.05) is 25.2 Å². The summed E-state index contributed by atoms with van der Waals surface area (Å²) in [4.78, 5) is 14.9. The van der Waals surface area contributed by atoms with Gasteiger partial charge in [-0.05, 0) is 36.6 Å². The number of benzene rings is 2. The van der Waals surface area contributed by atoms with Crippen LogP contribution in [-0.4, -0.2) is 34.2 Å². The third-order valence-corrected chi connectivity index (χ3v) is 5.12. The first kappa shape index (κ1) is 19.2. The molecule has 0 fully saturated rings. The highest BCUT2D eigenvalue weighted by Gasteiger charge is 2.22. The number of rotatable bonds is 7. The van der Waals surface area contributed by atoms with Crippen LogP contribution in [0, 0.1) is 0 Å². The van der Waals surface area contributed by atoms with E-state index in [1.165, 1.54) is 5.56 Å². The SMILES string of the molecule is CCOc1ccc(CC(=O)Nc2n[nH]c3c2CCN(Cc2ccccc2)C3)cc1. The minimum atomic E-state index is -0.0600. The van der Waals surface area contributed by atoms with Crippen molar-refractivity contribution in [1.82, 2.24) is 15.1 Å². The van der Waals surface area contributed by atoms with Crippen molar-refractivity contribution >= 4 is 11.7 Å². The van der Waals surface area contributed by atoms with Crippen LogP contribution in [0.15, 0.2) is 54.6 Å². The van der Waals surface area contributed by atoms with Gasteiger partial charge in [-0.2, -0.15) is 5.10 Å². The second-order valence-electron chi connectivity index (χ2n) is 7.28. The molecule has 4 rings (SSSR count). The topological polar surface area (TPSA) is 70.2 Å². The van der Waals surface area contributed by atoms with Crippen molar-refractivity contribution in [3.63, 3.8) is 0 Å². The predicted octanol–water partition coefficient (Wildman–Crippen LogP) is 3.55. The number of H-pyrrole nitrogens is 1. The molecule has 0 radical (unpaired) electrons. The molecule has 6 heteroatoms. The number of aromatic amines is 1. The van der Waals surface area contributed by atoms with Gasteiger partial charge in [-0.1, -0.05) is 42.5 Å². The van der Waals surface area contributed by atoms with Crippen LogP contribution >= 0.6 is 0 Å². The third-order valence-electron chi connectivity index (χ3n) is 5.12. The van der Waals surface area contributed by atoms with Crippen molar-refractivity contribution in [2.24, 2.45) is 0 Å². The molecule has 29 heavy (non-hydrogen) atoms. The smallest absolute Gasteiger partial charge is 0.230 e. The van der Waals surface area contributed by atoms with E-state index in [4.69, 9.17) is 4.74 Å². The monoisotopic (exact) mass is 390 g/mol. The Morgan fingerprint density at radius 3 is 2.69 bits per heavy atom. The van der Waals surface area contributed by atoms with E-state index in [0.29, 0.717) is 18.8 Å². The summed E-state index contributed by atoms with van der Waals surface area (Å²) in [5, 5.41) is 10.4. The molecule has 2 heterocycles. The first-order chi connectivity index (χ1) is 14.2. The number of aromatic nitrogens is 2. The molecule has 2 aromatic carbocycles. The lowest BCUT2D eigenvalue weighted by atomic mass is 10.1. The number of hydrogen-bond acceptors (Lipinski definition) is 4. The van der Waals surface area contributed by atoms with Gasteiger partial charge in [-0.25, -0.2) is 0 Å². The molecule has 2 N–H and O–H groups in total. The van der Waals surface area contributed by atoms with Crippen molar-refractivity contribution in [2.75, 3.05) is 18.5 Å². The molecule has 150 valence electrons. The second-order valence-corrected chi connectivity index (χ2v) is 7.28. The molecule has 1 aliphatic rings. The summed E-state index contributed by atoms with van der Waals surface area (Å²) in [7, 11) is 0. The summed E-state index contributed by atoms with van der Waals surface area (Å²) in [5.74, 6) is 1.42. The molecule has 6 nitrogen and oxygen atoms in total. The number of carbonyl (C=O) groups excluding carboxylic acids is 1. The van der Waals surface area contributed by atoms with Crippen molar-refractivity contribution in [3.05, 3.63) is 77.0 Å². The molecule has 0 spiro atoms. The van der Waals surface area contributed by atoms with Crippen LogP contribution in [0.25, 0.3) is 0 Å². The fraction of sp³-hybridized carbons (Fsp3) is 0.304. The fourth-order valence-electron chi connectivity index (χ4n) is 3.69. The molecule has 1 amide bonds. The summed E-state index contributed by atoms with van der Waals surface area (Å²) in [6, 6.07) is 18.1. The fourth-order valence-corrected chi connectivity index (χ4v) is 3.69. The van der Waals surface area contributed by atoms with E-state index in [1.54, 1.807) is 0 Å². The Labute approximate surface area is 170 Å². The van der Waals surface area contributed by atoms with Gasteiger partial charge in [0.25, 0.3) is 0 Å². The molecule has 0 unspecified atom stereocenters. The second kappa shape index (κ2) is 8.92. The number of anilines is 1. The third kappa shape index (κ3) is 4.84. The zero-order valence-corrected chi connectivity index (χ0v) is 16.6. The molecule has 3 aromatic rings. The zero-order valence-electron chi connectivity index (χ0n) is 16.6. The minimum absolute atomic E-state index is 0.0600. The van der Waals surface area contributed by atoms with Crippen LogP contribution in [0.3, 0.4) is 0 Å². The number of amides is 1. The molecule has 1 aliphatic heterocycles. The number of carbonyl (C=O) groups is 1. The van der Waals surface area contributed by atoms with E-state index in [1.807, 2.05) is 37.3 Å². The van der Waals surface area contributed by atoms with Gasteiger partial charge in [0.05, 0.1) is 18.7 Å². The summed E-state index contributed by atoms with van der Waals surface area (Å²) in [5.41, 5.74) is 4.46. The Bertz CT molecular complexity index is 951. The van der Waals surface area contributed by atoms with Crippen LogP contribution in [0.2, 0.25) is 0 Å². The van der Waals surface area contributed by atoms with Crippen LogP contribution in [0.4, 0.5) is 5.82 Å². The van der Waals surface area contributed by atoms with E-state index in [9.17, 15) is 4.79 Å². The lowest BCUT2D eigenvalue weighted by Gasteiger charge is -2.26.